The summed E-state index contributed by atoms with van der Waals surface area (Å²) in [7, 11) is 0. The average Bonchev–Trinajstić information content (AvgIpc) is 2.76. The van der Waals surface area contributed by atoms with Gasteiger partial charge in [-0.1, -0.05) is 74.5 Å². The minimum absolute atomic E-state index is 0.1000. The summed E-state index contributed by atoms with van der Waals surface area (Å²) in [6.07, 6.45) is -0.288. The Kier molecular flexibility index (Phi) is 9.55. The van der Waals surface area contributed by atoms with Gasteiger partial charge in [-0.25, -0.2) is 9.59 Å². The summed E-state index contributed by atoms with van der Waals surface area (Å²) in [5, 5.41) is 5.16. The molecule has 0 heterocycles. The van der Waals surface area contributed by atoms with Gasteiger partial charge in [-0.2, -0.15) is 0 Å². The van der Waals surface area contributed by atoms with Gasteiger partial charge in [0, 0.05) is 0 Å². The maximum Gasteiger partial charge on any atom is 0.408 e. The van der Waals surface area contributed by atoms with Gasteiger partial charge < -0.3 is 20.1 Å². The summed E-state index contributed by atoms with van der Waals surface area (Å²) >= 11 is 0. The summed E-state index contributed by atoms with van der Waals surface area (Å²) in [6.45, 7) is 5.66. The fraction of sp³-hybridized carbons (Fsp3) is 0.375. The zero-order chi connectivity index (χ0) is 22.6. The van der Waals surface area contributed by atoms with Crippen molar-refractivity contribution in [1.29, 1.82) is 0 Å². The summed E-state index contributed by atoms with van der Waals surface area (Å²) < 4.78 is 10.5. The summed E-state index contributed by atoms with van der Waals surface area (Å²) in [4.78, 5) is 37.1. The molecule has 2 N–H and O–H groups in total. The molecule has 0 spiro atoms. The molecule has 0 aliphatic carbocycles. The number of carbonyl (C=O) groups excluding carboxylic acids is 3. The van der Waals surface area contributed by atoms with E-state index in [1.165, 1.54) is 6.92 Å². The molecule has 0 saturated heterocycles. The Bertz CT molecular complexity index is 840. The van der Waals surface area contributed by atoms with Crippen LogP contribution in [0.15, 0.2) is 60.7 Å². The highest BCUT2D eigenvalue weighted by Gasteiger charge is 2.26. The number of hydrogen-bond acceptors (Lipinski definition) is 5. The van der Waals surface area contributed by atoms with Gasteiger partial charge in [0.2, 0.25) is 5.91 Å². The lowest BCUT2D eigenvalue weighted by atomic mass is 10.0. The second-order valence-corrected chi connectivity index (χ2v) is 7.71. The third-order valence-electron chi connectivity index (χ3n) is 4.47. The van der Waals surface area contributed by atoms with Crippen LogP contribution in [0.25, 0.3) is 0 Å². The van der Waals surface area contributed by atoms with Gasteiger partial charge in [0.25, 0.3) is 0 Å². The van der Waals surface area contributed by atoms with E-state index in [9.17, 15) is 14.4 Å². The fourth-order valence-corrected chi connectivity index (χ4v) is 2.82. The van der Waals surface area contributed by atoms with Crippen molar-refractivity contribution in [2.75, 3.05) is 0 Å². The van der Waals surface area contributed by atoms with Gasteiger partial charge in [0.05, 0.1) is 0 Å². The molecule has 0 fully saturated rings. The van der Waals surface area contributed by atoms with E-state index >= 15 is 0 Å². The van der Waals surface area contributed by atoms with Crippen molar-refractivity contribution in [2.45, 2.75) is 52.5 Å². The van der Waals surface area contributed by atoms with Gasteiger partial charge in [0.1, 0.15) is 25.3 Å². The lowest BCUT2D eigenvalue weighted by molar-refractivity contribution is -0.149. The first-order valence-electron chi connectivity index (χ1n) is 10.3. The smallest absolute Gasteiger partial charge is 0.408 e. The molecule has 2 amide bonds. The molecule has 2 atom stereocenters. The molecular weight excluding hydrogens is 396 g/mol. The highest BCUT2D eigenvalue weighted by molar-refractivity contribution is 5.89. The first-order chi connectivity index (χ1) is 14.8. The second kappa shape index (κ2) is 12.4. The number of nitrogens with one attached hydrogen (secondary N) is 2. The van der Waals surface area contributed by atoms with Crippen LogP contribution in [0.3, 0.4) is 0 Å². The average molecular weight is 427 g/mol. The van der Waals surface area contributed by atoms with Crippen LogP contribution in [0.5, 0.6) is 0 Å². The van der Waals surface area contributed by atoms with Gasteiger partial charge >= 0.3 is 12.1 Å². The van der Waals surface area contributed by atoms with E-state index in [-0.39, 0.29) is 19.1 Å². The molecule has 7 heteroatoms. The topological polar surface area (TPSA) is 93.7 Å². The van der Waals surface area contributed by atoms with Crippen LogP contribution >= 0.6 is 0 Å². The molecule has 2 aromatic carbocycles. The maximum absolute atomic E-state index is 12.5. The predicted octanol–water partition coefficient (Wildman–Crippen LogP) is 3.58. The molecular formula is C24H30N2O5. The first-order valence-corrected chi connectivity index (χ1v) is 10.3. The molecule has 0 unspecified atom stereocenters. The van der Waals surface area contributed by atoms with E-state index in [4.69, 9.17) is 9.47 Å². The monoisotopic (exact) mass is 426 g/mol. The van der Waals surface area contributed by atoms with Gasteiger partial charge in [-0.05, 0) is 30.4 Å². The molecule has 0 radical (unpaired) electrons. The van der Waals surface area contributed by atoms with Crippen molar-refractivity contribution in [1.82, 2.24) is 10.6 Å². The minimum atomic E-state index is -0.875. The van der Waals surface area contributed by atoms with Crippen molar-refractivity contribution in [3.05, 3.63) is 71.8 Å². The number of carbonyl (C=O) groups is 3. The quantitative estimate of drug-likeness (QED) is 0.567. The number of hydrogen-bond donors (Lipinski definition) is 2. The molecule has 2 rings (SSSR count). The van der Waals surface area contributed by atoms with Crippen molar-refractivity contribution in [3.8, 4) is 0 Å². The Labute approximate surface area is 183 Å². The van der Waals surface area contributed by atoms with Crippen LogP contribution < -0.4 is 10.6 Å². The Morgan fingerprint density at radius 3 is 1.81 bits per heavy atom. The third-order valence-corrected chi connectivity index (χ3v) is 4.47. The van der Waals surface area contributed by atoms with Crippen LogP contribution in [0.1, 0.15) is 38.3 Å². The number of benzene rings is 2. The van der Waals surface area contributed by atoms with E-state index in [2.05, 4.69) is 10.6 Å². The standard InChI is InChI=1S/C24H30N2O5/c1-17(2)14-21(23(28)30-15-19-10-6-4-7-11-19)26-22(27)18(3)25-24(29)31-16-20-12-8-5-9-13-20/h4-13,17-18,21H,14-16H2,1-3H3,(H,25,29)(H,26,27)/t18-,21+/m0/s1. The zero-order valence-corrected chi connectivity index (χ0v) is 18.2. The van der Waals surface area contributed by atoms with E-state index in [0.29, 0.717) is 6.42 Å². The zero-order valence-electron chi connectivity index (χ0n) is 18.2. The molecule has 0 bridgehead atoms. The molecule has 0 saturated carbocycles. The molecule has 0 aliphatic heterocycles. The van der Waals surface area contributed by atoms with Crippen molar-refractivity contribution in [3.63, 3.8) is 0 Å². The number of alkyl carbamates (subject to hydrolysis) is 1. The van der Waals surface area contributed by atoms with Gasteiger partial charge in [0.15, 0.2) is 0 Å². The van der Waals surface area contributed by atoms with Crippen molar-refractivity contribution < 1.29 is 23.9 Å². The SMILES string of the molecule is CC(C)C[C@@H](NC(=O)[C@H](C)NC(=O)OCc1ccccc1)C(=O)OCc1ccccc1. The number of amides is 2. The first kappa shape index (κ1) is 23.9. The molecule has 0 aromatic heterocycles. The number of esters is 1. The Morgan fingerprint density at radius 2 is 1.29 bits per heavy atom. The number of ether oxygens (including phenoxy) is 2. The van der Waals surface area contributed by atoms with Crippen LogP contribution in [-0.2, 0) is 32.3 Å². The lowest BCUT2D eigenvalue weighted by Crippen LogP contribution is -2.51. The fourth-order valence-electron chi connectivity index (χ4n) is 2.82. The molecule has 7 nitrogen and oxygen atoms in total. The van der Waals surface area contributed by atoms with Crippen LogP contribution in [0.4, 0.5) is 4.79 Å². The summed E-state index contributed by atoms with van der Waals surface area (Å²) in [5.74, 6) is -0.836. The Balaban J connectivity index is 1.84. The summed E-state index contributed by atoms with van der Waals surface area (Å²) in [6, 6.07) is 16.9. The van der Waals surface area contributed by atoms with Crippen LogP contribution in [-0.4, -0.2) is 30.1 Å². The highest BCUT2D eigenvalue weighted by Crippen LogP contribution is 2.09. The van der Waals surface area contributed by atoms with E-state index in [0.717, 1.165) is 11.1 Å². The van der Waals surface area contributed by atoms with E-state index in [1.807, 2.05) is 74.5 Å². The largest absolute Gasteiger partial charge is 0.459 e. The van der Waals surface area contributed by atoms with Crippen molar-refractivity contribution >= 4 is 18.0 Å². The maximum atomic E-state index is 12.5. The molecule has 166 valence electrons. The molecule has 0 aliphatic rings. The minimum Gasteiger partial charge on any atom is -0.459 e. The van der Waals surface area contributed by atoms with E-state index < -0.39 is 30.1 Å². The van der Waals surface area contributed by atoms with Crippen LogP contribution in [0.2, 0.25) is 0 Å². The highest BCUT2D eigenvalue weighted by atomic mass is 16.5. The summed E-state index contributed by atoms with van der Waals surface area (Å²) in [5.41, 5.74) is 1.70. The number of rotatable bonds is 10. The third kappa shape index (κ3) is 8.90. The predicted molar refractivity (Wildman–Crippen MR) is 117 cm³/mol. The van der Waals surface area contributed by atoms with Gasteiger partial charge in [-0.3, -0.25) is 4.79 Å². The lowest BCUT2D eigenvalue weighted by Gasteiger charge is -2.22. The second-order valence-electron chi connectivity index (χ2n) is 7.71. The molecule has 2 aromatic rings. The molecule has 31 heavy (non-hydrogen) atoms. The van der Waals surface area contributed by atoms with E-state index in [1.54, 1.807) is 0 Å². The van der Waals surface area contributed by atoms with Crippen LogP contribution in [0, 0.1) is 5.92 Å². The van der Waals surface area contributed by atoms with Crippen molar-refractivity contribution in [2.24, 2.45) is 5.92 Å². The Morgan fingerprint density at radius 1 is 0.774 bits per heavy atom. The van der Waals surface area contributed by atoms with Gasteiger partial charge in [-0.15, -0.1) is 0 Å². The normalized spacial score (nSPS) is 12.5. The Hall–Kier alpha value is -3.35.